The predicted octanol–water partition coefficient (Wildman–Crippen LogP) is 4.30. The molecule has 0 spiro atoms. The molecule has 11 heteroatoms. The van der Waals surface area contributed by atoms with Gasteiger partial charge in [-0.15, -0.1) is 0 Å². The number of nitrogens with zero attached hydrogens (tertiary/aromatic N) is 4. The Hall–Kier alpha value is -3.83. The lowest BCUT2D eigenvalue weighted by atomic mass is 10.2. The number of benzene rings is 3. The molecule has 0 aliphatic carbocycles. The number of rotatable bonds is 7. The molecule has 1 aromatic heterocycles. The van der Waals surface area contributed by atoms with E-state index in [1.165, 1.54) is 35.0 Å². The Kier molecular flexibility index (Phi) is 7.14. The van der Waals surface area contributed by atoms with Gasteiger partial charge in [0, 0.05) is 16.6 Å². The quantitative estimate of drug-likeness (QED) is 0.123. The van der Waals surface area contributed by atoms with Crippen LogP contribution in [0.2, 0.25) is 0 Å². The molecule has 0 aliphatic rings. The number of hydrogen-bond acceptors (Lipinski definition) is 7. The van der Waals surface area contributed by atoms with Crippen molar-refractivity contribution in [1.82, 2.24) is 15.0 Å². The van der Waals surface area contributed by atoms with Crippen molar-refractivity contribution in [3.8, 4) is 5.69 Å². The highest BCUT2D eigenvalue weighted by Crippen LogP contribution is 2.22. The van der Waals surface area contributed by atoms with Crippen LogP contribution in [0.15, 0.2) is 92.3 Å². The second-order valence-electron chi connectivity index (χ2n) is 6.96. The summed E-state index contributed by atoms with van der Waals surface area (Å²) in [6, 6.07) is 20.0. The van der Waals surface area contributed by atoms with Crippen molar-refractivity contribution >= 4 is 56.4 Å². The van der Waals surface area contributed by atoms with E-state index < -0.39 is 10.8 Å². The van der Waals surface area contributed by atoms with Crippen molar-refractivity contribution < 1.29 is 9.72 Å². The van der Waals surface area contributed by atoms with Gasteiger partial charge in [0.1, 0.15) is 0 Å². The van der Waals surface area contributed by atoms with Crippen LogP contribution in [0.5, 0.6) is 0 Å². The average Bonchev–Trinajstić information content (AvgIpc) is 2.84. The standard InChI is InChI=1S/C23H16BrN5O4S/c24-16-7-11-17(12-8-16)28-22(31)19-3-1-2-4-20(19)26-23(28)34-14-21(30)27-25-13-15-5-9-18(10-6-15)29(32)33/h1-13H,14H2,(H,27,30)/b25-13+. The third kappa shape index (κ3) is 5.38. The van der Waals surface area contributed by atoms with Crippen LogP contribution >= 0.6 is 27.7 Å². The zero-order chi connectivity index (χ0) is 24.1. The van der Waals surface area contributed by atoms with E-state index in [2.05, 4.69) is 31.4 Å². The van der Waals surface area contributed by atoms with Gasteiger partial charge in [-0.05, 0) is 54.1 Å². The molecule has 0 atom stereocenters. The van der Waals surface area contributed by atoms with Gasteiger partial charge in [0.25, 0.3) is 17.2 Å². The van der Waals surface area contributed by atoms with E-state index in [1.807, 2.05) is 12.1 Å². The normalized spacial score (nSPS) is 11.1. The van der Waals surface area contributed by atoms with Crippen molar-refractivity contribution in [2.75, 3.05) is 5.75 Å². The van der Waals surface area contributed by atoms with Gasteiger partial charge in [-0.2, -0.15) is 5.10 Å². The van der Waals surface area contributed by atoms with E-state index in [0.717, 1.165) is 16.2 Å². The van der Waals surface area contributed by atoms with Crippen LogP contribution < -0.4 is 11.0 Å². The number of nitro benzene ring substituents is 1. The zero-order valence-corrected chi connectivity index (χ0v) is 19.8. The molecule has 0 fully saturated rings. The van der Waals surface area contributed by atoms with Crippen LogP contribution in [0, 0.1) is 10.1 Å². The summed E-state index contributed by atoms with van der Waals surface area (Å²) in [5.41, 5.74) is 3.92. The Morgan fingerprint density at radius 3 is 2.53 bits per heavy atom. The zero-order valence-electron chi connectivity index (χ0n) is 17.4. The smallest absolute Gasteiger partial charge is 0.269 e. The number of fused-ring (bicyclic) bond motifs is 1. The lowest BCUT2D eigenvalue weighted by molar-refractivity contribution is -0.384. The minimum atomic E-state index is -0.491. The largest absolute Gasteiger partial charge is 0.272 e. The maximum absolute atomic E-state index is 13.2. The van der Waals surface area contributed by atoms with E-state index in [-0.39, 0.29) is 17.0 Å². The minimum absolute atomic E-state index is 0.0289. The first-order valence-electron chi connectivity index (χ1n) is 9.89. The summed E-state index contributed by atoms with van der Waals surface area (Å²) in [6.45, 7) is 0. The van der Waals surface area contributed by atoms with Gasteiger partial charge in [0.15, 0.2) is 5.16 Å². The molecular formula is C23H16BrN5O4S. The molecule has 0 unspecified atom stereocenters. The number of nitro groups is 1. The predicted molar refractivity (Wildman–Crippen MR) is 135 cm³/mol. The molecule has 9 nitrogen and oxygen atoms in total. The number of non-ortho nitro benzene ring substituents is 1. The molecule has 0 saturated carbocycles. The highest BCUT2D eigenvalue weighted by Gasteiger charge is 2.14. The Balaban J connectivity index is 1.51. The highest BCUT2D eigenvalue weighted by molar-refractivity contribution is 9.10. The van der Waals surface area contributed by atoms with Crippen LogP contribution in [0.3, 0.4) is 0 Å². The van der Waals surface area contributed by atoms with E-state index >= 15 is 0 Å². The second-order valence-corrected chi connectivity index (χ2v) is 8.82. The molecule has 34 heavy (non-hydrogen) atoms. The number of amides is 1. The summed E-state index contributed by atoms with van der Waals surface area (Å²) in [6.07, 6.45) is 1.39. The third-order valence-corrected chi connectivity index (χ3v) is 6.14. The number of hydrazone groups is 1. The minimum Gasteiger partial charge on any atom is -0.272 e. The topological polar surface area (TPSA) is 119 Å². The van der Waals surface area contributed by atoms with E-state index in [1.54, 1.807) is 36.4 Å². The number of nitrogens with one attached hydrogen (secondary N) is 1. The summed E-state index contributed by atoms with van der Waals surface area (Å²) < 4.78 is 2.35. The first kappa shape index (κ1) is 23.3. The Labute approximate surface area is 205 Å². The van der Waals surface area contributed by atoms with Crippen LogP contribution in [0.1, 0.15) is 5.56 Å². The van der Waals surface area contributed by atoms with Crippen molar-refractivity contribution in [3.63, 3.8) is 0 Å². The van der Waals surface area contributed by atoms with Gasteiger partial charge in [-0.1, -0.05) is 39.8 Å². The number of hydrogen-bond donors (Lipinski definition) is 1. The Morgan fingerprint density at radius 2 is 1.82 bits per heavy atom. The molecule has 4 rings (SSSR count). The SMILES string of the molecule is O=C(CSc1nc2ccccc2c(=O)n1-c1ccc(Br)cc1)N/N=C/c1ccc([N+](=O)[O-])cc1. The van der Waals surface area contributed by atoms with Gasteiger partial charge >= 0.3 is 0 Å². The first-order valence-corrected chi connectivity index (χ1v) is 11.7. The van der Waals surface area contributed by atoms with Crippen LogP contribution in [-0.2, 0) is 4.79 Å². The van der Waals surface area contributed by atoms with Crippen molar-refractivity contribution in [2.45, 2.75) is 5.16 Å². The number of thioether (sulfide) groups is 1. The number of para-hydroxylation sites is 1. The number of carbonyl (C=O) groups is 1. The molecular weight excluding hydrogens is 522 g/mol. The molecule has 1 N–H and O–H groups in total. The summed E-state index contributed by atoms with van der Waals surface area (Å²) >= 11 is 4.50. The molecule has 0 bridgehead atoms. The van der Waals surface area contributed by atoms with Gasteiger partial charge < -0.3 is 0 Å². The van der Waals surface area contributed by atoms with Crippen LogP contribution in [0.4, 0.5) is 5.69 Å². The van der Waals surface area contributed by atoms with Crippen LogP contribution in [-0.4, -0.2) is 32.3 Å². The van der Waals surface area contributed by atoms with Gasteiger partial charge in [-0.25, -0.2) is 10.4 Å². The van der Waals surface area contributed by atoms with Crippen LogP contribution in [0.25, 0.3) is 16.6 Å². The maximum atomic E-state index is 13.2. The van der Waals surface area contributed by atoms with Crippen molar-refractivity contribution in [3.05, 3.63) is 103 Å². The average molecular weight is 538 g/mol. The summed E-state index contributed by atoms with van der Waals surface area (Å²) in [5, 5.41) is 15.4. The molecule has 1 amide bonds. The summed E-state index contributed by atoms with van der Waals surface area (Å²) in [7, 11) is 0. The van der Waals surface area contributed by atoms with Gasteiger partial charge in [-0.3, -0.25) is 24.3 Å². The van der Waals surface area contributed by atoms with Gasteiger partial charge in [0.2, 0.25) is 0 Å². The molecule has 4 aromatic rings. The van der Waals surface area contributed by atoms with E-state index in [0.29, 0.717) is 27.3 Å². The lowest BCUT2D eigenvalue weighted by Crippen LogP contribution is -2.24. The third-order valence-electron chi connectivity index (χ3n) is 4.67. The molecule has 1 heterocycles. The van der Waals surface area contributed by atoms with Gasteiger partial charge in [0.05, 0.1) is 33.5 Å². The fourth-order valence-electron chi connectivity index (χ4n) is 3.05. The number of carbonyl (C=O) groups excluding carboxylic acids is 1. The van der Waals surface area contributed by atoms with E-state index in [9.17, 15) is 19.7 Å². The fourth-order valence-corrected chi connectivity index (χ4v) is 4.12. The molecule has 0 radical (unpaired) electrons. The van der Waals surface area contributed by atoms with Crippen molar-refractivity contribution in [2.24, 2.45) is 5.10 Å². The number of halogens is 1. The number of aromatic nitrogens is 2. The molecule has 170 valence electrons. The highest BCUT2D eigenvalue weighted by atomic mass is 79.9. The Bertz CT molecular complexity index is 1450. The Morgan fingerprint density at radius 1 is 1.12 bits per heavy atom. The van der Waals surface area contributed by atoms with Crippen molar-refractivity contribution in [1.29, 1.82) is 0 Å². The first-order chi connectivity index (χ1) is 16.4. The lowest BCUT2D eigenvalue weighted by Gasteiger charge is -2.13. The monoisotopic (exact) mass is 537 g/mol. The summed E-state index contributed by atoms with van der Waals surface area (Å²) in [4.78, 5) is 40.4. The molecule has 0 aliphatic heterocycles. The molecule has 3 aromatic carbocycles. The maximum Gasteiger partial charge on any atom is 0.269 e. The fraction of sp³-hybridized carbons (Fsp3) is 0.0435. The van der Waals surface area contributed by atoms with E-state index in [4.69, 9.17) is 0 Å². The second kappa shape index (κ2) is 10.4. The summed E-state index contributed by atoms with van der Waals surface area (Å²) in [5.74, 6) is -0.424. The molecule has 0 saturated heterocycles.